The van der Waals surface area contributed by atoms with Crippen molar-refractivity contribution in [2.45, 2.75) is 6.54 Å². The smallest absolute Gasteiger partial charge is 0.339 e. The fourth-order valence-corrected chi connectivity index (χ4v) is 1.39. The number of pyridine rings is 1. The zero-order valence-electron chi connectivity index (χ0n) is 8.55. The molecule has 0 saturated heterocycles. The number of nitrogens with one attached hydrogen (secondary N) is 1. The van der Waals surface area contributed by atoms with Crippen LogP contribution in [0.1, 0.15) is 16.1 Å². The third-order valence-electron chi connectivity index (χ3n) is 2.02. The van der Waals surface area contributed by atoms with Crippen LogP contribution in [0.15, 0.2) is 29.0 Å². The molecule has 0 aliphatic heterocycles. The number of hydrogen-bond donors (Lipinski definition) is 2. The summed E-state index contributed by atoms with van der Waals surface area (Å²) in [6.45, 7) is 0.310. The molecule has 2 aromatic rings. The number of nitrogens with zero attached hydrogens (tertiary/aromatic N) is 2. The number of carboxylic acids is 1. The Bertz CT molecular complexity index is 528. The molecule has 6 nitrogen and oxygen atoms in total. The van der Waals surface area contributed by atoms with Crippen LogP contribution in [0.4, 0.5) is 5.82 Å². The van der Waals surface area contributed by atoms with Gasteiger partial charge in [0.25, 0.3) is 0 Å². The molecule has 0 radical (unpaired) electrons. The summed E-state index contributed by atoms with van der Waals surface area (Å²) in [4.78, 5) is 14.8. The molecule has 88 valence electrons. The van der Waals surface area contributed by atoms with Crippen molar-refractivity contribution in [3.63, 3.8) is 0 Å². The first kappa shape index (κ1) is 11.4. The summed E-state index contributed by atoms with van der Waals surface area (Å²) in [5.74, 6) is -0.871. The van der Waals surface area contributed by atoms with Gasteiger partial charge in [-0.25, -0.2) is 9.78 Å². The summed E-state index contributed by atoms with van der Waals surface area (Å²) >= 11 is 5.70. The highest BCUT2D eigenvalue weighted by molar-refractivity contribution is 6.29. The highest BCUT2D eigenvalue weighted by Crippen LogP contribution is 2.17. The van der Waals surface area contributed by atoms with E-state index in [-0.39, 0.29) is 16.5 Å². The monoisotopic (exact) mass is 253 g/mol. The Labute approximate surface area is 101 Å². The van der Waals surface area contributed by atoms with E-state index in [1.807, 2.05) is 0 Å². The van der Waals surface area contributed by atoms with E-state index in [1.165, 1.54) is 18.4 Å². The molecule has 0 fully saturated rings. The number of halogens is 1. The van der Waals surface area contributed by atoms with Gasteiger partial charge in [0.2, 0.25) is 0 Å². The fraction of sp³-hybridized carbons (Fsp3) is 0.100. The second-order valence-electron chi connectivity index (χ2n) is 3.18. The van der Waals surface area contributed by atoms with Crippen molar-refractivity contribution in [1.29, 1.82) is 0 Å². The van der Waals surface area contributed by atoms with Crippen molar-refractivity contribution in [1.82, 2.24) is 10.1 Å². The van der Waals surface area contributed by atoms with Gasteiger partial charge in [-0.2, -0.15) is 0 Å². The SMILES string of the molecule is O=C(O)c1ccc(Cl)nc1NCc1ccon1. The zero-order valence-corrected chi connectivity index (χ0v) is 9.31. The average molecular weight is 254 g/mol. The molecule has 0 unspecified atom stereocenters. The number of carboxylic acid groups (broad SMARTS) is 1. The van der Waals surface area contributed by atoms with E-state index in [0.717, 1.165) is 0 Å². The molecule has 2 N–H and O–H groups in total. The van der Waals surface area contributed by atoms with Gasteiger partial charge < -0.3 is 14.9 Å². The molecule has 0 aliphatic carbocycles. The van der Waals surface area contributed by atoms with E-state index in [0.29, 0.717) is 12.2 Å². The van der Waals surface area contributed by atoms with Gasteiger partial charge in [0.15, 0.2) is 0 Å². The summed E-state index contributed by atoms with van der Waals surface area (Å²) < 4.78 is 4.65. The Morgan fingerprint density at radius 2 is 2.29 bits per heavy atom. The fourth-order valence-electron chi connectivity index (χ4n) is 1.25. The van der Waals surface area contributed by atoms with Crippen LogP contribution in [0.3, 0.4) is 0 Å². The van der Waals surface area contributed by atoms with Crippen LogP contribution in [0.25, 0.3) is 0 Å². The predicted molar refractivity (Wildman–Crippen MR) is 60.0 cm³/mol. The zero-order chi connectivity index (χ0) is 12.3. The largest absolute Gasteiger partial charge is 0.478 e. The van der Waals surface area contributed by atoms with Crippen LogP contribution in [-0.4, -0.2) is 21.2 Å². The molecule has 0 spiro atoms. The maximum Gasteiger partial charge on any atom is 0.339 e. The summed E-state index contributed by atoms with van der Waals surface area (Å²) in [5, 5.41) is 15.7. The summed E-state index contributed by atoms with van der Waals surface area (Å²) in [6.07, 6.45) is 1.43. The highest BCUT2D eigenvalue weighted by atomic mass is 35.5. The van der Waals surface area contributed by atoms with Gasteiger partial charge in [-0.3, -0.25) is 0 Å². The van der Waals surface area contributed by atoms with Gasteiger partial charge in [0.1, 0.15) is 28.5 Å². The van der Waals surface area contributed by atoms with Crippen LogP contribution in [-0.2, 0) is 6.54 Å². The van der Waals surface area contributed by atoms with Crippen molar-refractivity contribution >= 4 is 23.4 Å². The van der Waals surface area contributed by atoms with Crippen LogP contribution < -0.4 is 5.32 Å². The normalized spacial score (nSPS) is 10.2. The van der Waals surface area contributed by atoms with Crippen molar-refractivity contribution in [2.24, 2.45) is 0 Å². The molecule has 0 aliphatic rings. The molecule has 0 aromatic carbocycles. The van der Waals surface area contributed by atoms with Crippen molar-refractivity contribution in [3.8, 4) is 0 Å². The number of aromatic carboxylic acids is 1. The maximum atomic E-state index is 10.9. The minimum Gasteiger partial charge on any atom is -0.478 e. The molecule has 0 amide bonds. The van der Waals surface area contributed by atoms with E-state index < -0.39 is 5.97 Å². The Balaban J connectivity index is 2.19. The van der Waals surface area contributed by atoms with E-state index in [9.17, 15) is 4.79 Å². The van der Waals surface area contributed by atoms with Crippen LogP contribution in [0, 0.1) is 0 Å². The molecule has 2 aromatic heterocycles. The van der Waals surface area contributed by atoms with Gasteiger partial charge in [0.05, 0.1) is 6.54 Å². The number of hydrogen-bond acceptors (Lipinski definition) is 5. The first-order chi connectivity index (χ1) is 8.16. The van der Waals surface area contributed by atoms with Crippen molar-refractivity contribution in [2.75, 3.05) is 5.32 Å². The second kappa shape index (κ2) is 4.84. The molecular formula is C10H8ClN3O3. The molecular weight excluding hydrogens is 246 g/mol. The molecule has 0 saturated carbocycles. The van der Waals surface area contributed by atoms with E-state index in [1.54, 1.807) is 6.07 Å². The lowest BCUT2D eigenvalue weighted by Gasteiger charge is -2.06. The quantitative estimate of drug-likeness (QED) is 0.811. The van der Waals surface area contributed by atoms with E-state index in [4.69, 9.17) is 16.7 Å². The molecule has 0 atom stereocenters. The van der Waals surface area contributed by atoms with Crippen molar-refractivity contribution in [3.05, 3.63) is 40.9 Å². The van der Waals surface area contributed by atoms with Gasteiger partial charge in [-0.15, -0.1) is 0 Å². The molecule has 2 rings (SSSR count). The molecule has 17 heavy (non-hydrogen) atoms. The van der Waals surface area contributed by atoms with Gasteiger partial charge in [0, 0.05) is 6.07 Å². The minimum atomic E-state index is -1.07. The molecule has 0 bridgehead atoms. The second-order valence-corrected chi connectivity index (χ2v) is 3.57. The summed E-state index contributed by atoms with van der Waals surface area (Å²) in [6, 6.07) is 4.48. The lowest BCUT2D eigenvalue weighted by Crippen LogP contribution is -2.08. The maximum absolute atomic E-state index is 10.9. The van der Waals surface area contributed by atoms with Gasteiger partial charge in [-0.05, 0) is 12.1 Å². The van der Waals surface area contributed by atoms with E-state index in [2.05, 4.69) is 20.0 Å². The molecule has 7 heteroatoms. The number of anilines is 1. The topological polar surface area (TPSA) is 88.2 Å². The number of rotatable bonds is 4. The standard InChI is InChI=1S/C10H8ClN3O3/c11-8-2-1-7(10(15)16)9(13-8)12-5-6-3-4-17-14-6/h1-4H,5H2,(H,12,13)(H,15,16). The van der Waals surface area contributed by atoms with E-state index >= 15 is 0 Å². The summed E-state index contributed by atoms with van der Waals surface area (Å²) in [7, 11) is 0. The Hall–Kier alpha value is -2.08. The molecule has 2 heterocycles. The Morgan fingerprint density at radius 3 is 2.94 bits per heavy atom. The summed E-state index contributed by atoms with van der Waals surface area (Å²) in [5.41, 5.74) is 0.695. The Kier molecular flexibility index (Phi) is 3.24. The minimum absolute atomic E-state index is 0.0536. The van der Waals surface area contributed by atoms with Gasteiger partial charge >= 0.3 is 5.97 Å². The van der Waals surface area contributed by atoms with Crippen LogP contribution in [0.2, 0.25) is 5.15 Å². The lowest BCUT2D eigenvalue weighted by molar-refractivity contribution is 0.0697. The average Bonchev–Trinajstić information content (AvgIpc) is 2.78. The first-order valence-corrected chi connectivity index (χ1v) is 5.07. The predicted octanol–water partition coefficient (Wildman–Crippen LogP) is 2.03. The van der Waals surface area contributed by atoms with Crippen molar-refractivity contribution < 1.29 is 14.4 Å². The first-order valence-electron chi connectivity index (χ1n) is 4.70. The van der Waals surface area contributed by atoms with Crippen LogP contribution >= 0.6 is 11.6 Å². The third-order valence-corrected chi connectivity index (χ3v) is 2.23. The third kappa shape index (κ3) is 2.73. The lowest BCUT2D eigenvalue weighted by atomic mass is 10.2. The van der Waals surface area contributed by atoms with Crippen LogP contribution in [0.5, 0.6) is 0 Å². The van der Waals surface area contributed by atoms with Gasteiger partial charge in [-0.1, -0.05) is 16.8 Å². The highest BCUT2D eigenvalue weighted by Gasteiger charge is 2.12. The number of aromatic nitrogens is 2. The number of carbonyl (C=O) groups is 1. The Morgan fingerprint density at radius 1 is 1.47 bits per heavy atom.